The second-order valence-corrected chi connectivity index (χ2v) is 4.83. The van der Waals surface area contributed by atoms with E-state index in [-0.39, 0.29) is 0 Å². The standard InChI is InChI=1S/C14H23N3/c1-3-4-5-12-10-14(6-8-16-12)17-9-7-13(11-17)15-2/h6,8,10,13,15H,3-5,7,9,11H2,1-2H3/t13-/m0/s1. The molecule has 94 valence electrons. The van der Waals surface area contributed by atoms with Crippen LogP contribution in [0.25, 0.3) is 0 Å². The third-order valence-corrected chi connectivity index (χ3v) is 3.55. The monoisotopic (exact) mass is 233 g/mol. The molecule has 1 N–H and O–H groups in total. The van der Waals surface area contributed by atoms with E-state index in [0.29, 0.717) is 6.04 Å². The number of aromatic nitrogens is 1. The smallest absolute Gasteiger partial charge is 0.0424 e. The zero-order valence-electron chi connectivity index (χ0n) is 10.9. The molecular weight excluding hydrogens is 210 g/mol. The first-order valence-corrected chi connectivity index (χ1v) is 6.70. The Labute approximate surface area is 104 Å². The van der Waals surface area contributed by atoms with E-state index in [1.165, 1.54) is 30.6 Å². The first kappa shape index (κ1) is 12.4. The Hall–Kier alpha value is -1.09. The van der Waals surface area contributed by atoms with Crippen molar-refractivity contribution in [3.8, 4) is 0 Å². The zero-order valence-corrected chi connectivity index (χ0v) is 10.9. The summed E-state index contributed by atoms with van der Waals surface area (Å²) in [5.74, 6) is 0. The van der Waals surface area contributed by atoms with Crippen molar-refractivity contribution < 1.29 is 0 Å². The fourth-order valence-electron chi connectivity index (χ4n) is 2.39. The van der Waals surface area contributed by atoms with E-state index in [1.54, 1.807) is 0 Å². The molecule has 0 bridgehead atoms. The van der Waals surface area contributed by atoms with Crippen molar-refractivity contribution in [2.75, 3.05) is 25.0 Å². The highest BCUT2D eigenvalue weighted by Gasteiger charge is 2.21. The summed E-state index contributed by atoms with van der Waals surface area (Å²) < 4.78 is 0. The fourth-order valence-corrected chi connectivity index (χ4v) is 2.39. The molecule has 3 heteroatoms. The summed E-state index contributed by atoms with van der Waals surface area (Å²) in [5.41, 5.74) is 2.57. The predicted octanol–water partition coefficient (Wildman–Crippen LogP) is 2.22. The Morgan fingerprint density at radius 3 is 3.12 bits per heavy atom. The van der Waals surface area contributed by atoms with Crippen LogP contribution in [-0.4, -0.2) is 31.2 Å². The van der Waals surface area contributed by atoms with Gasteiger partial charge in [-0.15, -0.1) is 0 Å². The number of nitrogens with zero attached hydrogens (tertiary/aromatic N) is 2. The van der Waals surface area contributed by atoms with Gasteiger partial charge in [-0.2, -0.15) is 0 Å². The largest absolute Gasteiger partial charge is 0.370 e. The lowest BCUT2D eigenvalue weighted by atomic mass is 10.2. The molecule has 1 fully saturated rings. The first-order valence-electron chi connectivity index (χ1n) is 6.70. The van der Waals surface area contributed by atoms with Gasteiger partial charge in [0.1, 0.15) is 0 Å². The first-order chi connectivity index (χ1) is 8.33. The molecule has 0 unspecified atom stereocenters. The average Bonchev–Trinajstić information content (AvgIpc) is 2.85. The van der Waals surface area contributed by atoms with Gasteiger partial charge in [0.15, 0.2) is 0 Å². The maximum Gasteiger partial charge on any atom is 0.0424 e. The Kier molecular flexibility index (Phi) is 4.37. The summed E-state index contributed by atoms with van der Waals surface area (Å²) in [6.45, 7) is 4.50. The Bertz CT molecular complexity index is 351. The van der Waals surface area contributed by atoms with Crippen LogP contribution < -0.4 is 10.2 Å². The van der Waals surface area contributed by atoms with E-state index in [0.717, 1.165) is 19.5 Å². The van der Waals surface area contributed by atoms with Gasteiger partial charge in [-0.05, 0) is 38.4 Å². The van der Waals surface area contributed by atoms with Crippen molar-refractivity contribution in [2.24, 2.45) is 0 Å². The molecule has 1 atom stereocenters. The Morgan fingerprint density at radius 2 is 2.41 bits per heavy atom. The highest BCUT2D eigenvalue weighted by molar-refractivity contribution is 5.47. The maximum absolute atomic E-state index is 4.45. The molecule has 1 aliphatic rings. The van der Waals surface area contributed by atoms with Gasteiger partial charge in [-0.25, -0.2) is 0 Å². The van der Waals surface area contributed by atoms with Gasteiger partial charge < -0.3 is 10.2 Å². The third kappa shape index (κ3) is 3.19. The molecule has 1 aliphatic heterocycles. The van der Waals surface area contributed by atoms with Crippen molar-refractivity contribution >= 4 is 5.69 Å². The molecule has 0 aliphatic carbocycles. The van der Waals surface area contributed by atoms with Crippen LogP contribution in [0.5, 0.6) is 0 Å². The minimum Gasteiger partial charge on any atom is -0.370 e. The summed E-state index contributed by atoms with van der Waals surface area (Å²) in [6.07, 6.45) is 6.76. The van der Waals surface area contributed by atoms with Gasteiger partial charge in [-0.1, -0.05) is 13.3 Å². The highest BCUT2D eigenvalue weighted by Crippen LogP contribution is 2.20. The van der Waals surface area contributed by atoms with Crippen LogP contribution >= 0.6 is 0 Å². The Morgan fingerprint density at radius 1 is 1.53 bits per heavy atom. The summed E-state index contributed by atoms with van der Waals surface area (Å²) in [6, 6.07) is 5.03. The van der Waals surface area contributed by atoms with E-state index in [1.807, 2.05) is 13.2 Å². The topological polar surface area (TPSA) is 28.2 Å². The van der Waals surface area contributed by atoms with E-state index >= 15 is 0 Å². The number of hydrogen-bond donors (Lipinski definition) is 1. The van der Waals surface area contributed by atoms with Crippen molar-refractivity contribution in [1.82, 2.24) is 10.3 Å². The summed E-state index contributed by atoms with van der Waals surface area (Å²) in [7, 11) is 2.05. The van der Waals surface area contributed by atoms with Gasteiger partial charge >= 0.3 is 0 Å². The lowest BCUT2D eigenvalue weighted by molar-refractivity contribution is 0.617. The SMILES string of the molecule is CCCCc1cc(N2CC[C@H](NC)C2)ccn1. The maximum atomic E-state index is 4.45. The van der Waals surface area contributed by atoms with Crippen LogP contribution in [-0.2, 0) is 6.42 Å². The quantitative estimate of drug-likeness (QED) is 0.845. The van der Waals surface area contributed by atoms with Crippen LogP contribution in [0.2, 0.25) is 0 Å². The van der Waals surface area contributed by atoms with Crippen LogP contribution in [0.4, 0.5) is 5.69 Å². The Balaban J connectivity index is 2.01. The lowest BCUT2D eigenvalue weighted by Gasteiger charge is -2.19. The number of pyridine rings is 1. The van der Waals surface area contributed by atoms with Gasteiger partial charge in [0.05, 0.1) is 0 Å². The van der Waals surface area contributed by atoms with Crippen molar-refractivity contribution in [3.63, 3.8) is 0 Å². The molecule has 1 aromatic rings. The second kappa shape index (κ2) is 6.01. The number of rotatable bonds is 5. The predicted molar refractivity (Wildman–Crippen MR) is 72.5 cm³/mol. The van der Waals surface area contributed by atoms with E-state index < -0.39 is 0 Å². The van der Waals surface area contributed by atoms with Gasteiger partial charge in [0, 0.05) is 36.7 Å². The second-order valence-electron chi connectivity index (χ2n) is 4.83. The fraction of sp³-hybridized carbons (Fsp3) is 0.643. The van der Waals surface area contributed by atoms with E-state index in [9.17, 15) is 0 Å². The number of nitrogens with one attached hydrogen (secondary N) is 1. The van der Waals surface area contributed by atoms with Crippen LogP contribution in [0.3, 0.4) is 0 Å². The molecule has 0 spiro atoms. The van der Waals surface area contributed by atoms with Crippen LogP contribution in [0.1, 0.15) is 31.9 Å². The molecule has 0 aromatic carbocycles. The number of aryl methyl sites for hydroxylation is 1. The molecule has 0 amide bonds. The van der Waals surface area contributed by atoms with Crippen LogP contribution in [0.15, 0.2) is 18.3 Å². The van der Waals surface area contributed by atoms with Crippen molar-refractivity contribution in [1.29, 1.82) is 0 Å². The zero-order chi connectivity index (χ0) is 12.1. The lowest BCUT2D eigenvalue weighted by Crippen LogP contribution is -2.29. The molecule has 1 saturated heterocycles. The molecule has 2 rings (SSSR count). The minimum atomic E-state index is 0.641. The molecule has 0 saturated carbocycles. The average molecular weight is 233 g/mol. The molecule has 0 radical (unpaired) electrons. The van der Waals surface area contributed by atoms with Gasteiger partial charge in [0.25, 0.3) is 0 Å². The molecule has 17 heavy (non-hydrogen) atoms. The summed E-state index contributed by atoms with van der Waals surface area (Å²) in [5, 5.41) is 3.36. The van der Waals surface area contributed by atoms with E-state index in [2.05, 4.69) is 34.3 Å². The molecule has 1 aromatic heterocycles. The third-order valence-electron chi connectivity index (χ3n) is 3.55. The van der Waals surface area contributed by atoms with Crippen molar-refractivity contribution in [3.05, 3.63) is 24.0 Å². The minimum absolute atomic E-state index is 0.641. The summed E-state index contributed by atoms with van der Waals surface area (Å²) in [4.78, 5) is 6.90. The molecular formula is C14H23N3. The van der Waals surface area contributed by atoms with E-state index in [4.69, 9.17) is 0 Å². The van der Waals surface area contributed by atoms with Gasteiger partial charge in [-0.3, -0.25) is 4.98 Å². The normalized spacial score (nSPS) is 19.9. The number of hydrogen-bond acceptors (Lipinski definition) is 3. The van der Waals surface area contributed by atoms with Gasteiger partial charge in [0.2, 0.25) is 0 Å². The summed E-state index contributed by atoms with van der Waals surface area (Å²) >= 11 is 0. The van der Waals surface area contributed by atoms with Crippen LogP contribution in [0, 0.1) is 0 Å². The van der Waals surface area contributed by atoms with Crippen molar-refractivity contribution in [2.45, 2.75) is 38.6 Å². The molecule has 3 nitrogen and oxygen atoms in total. The number of likely N-dealkylation sites (N-methyl/N-ethyl adjacent to an activating group) is 1. The number of anilines is 1. The highest BCUT2D eigenvalue weighted by atomic mass is 15.2. The molecule has 2 heterocycles. The number of unbranched alkanes of at least 4 members (excludes halogenated alkanes) is 1.